The Morgan fingerprint density at radius 3 is 2.21 bits per heavy atom. The summed E-state index contributed by atoms with van der Waals surface area (Å²) in [6.07, 6.45) is 0. The SMILES string of the molecule is COc1cc(O)c(NC(C)=O)c(O)c1. The summed E-state index contributed by atoms with van der Waals surface area (Å²) in [6.45, 7) is 1.28. The molecule has 5 nitrogen and oxygen atoms in total. The summed E-state index contributed by atoms with van der Waals surface area (Å²) in [7, 11) is 1.41. The molecular weight excluding hydrogens is 186 g/mol. The molecular formula is C9H11NO4. The fraction of sp³-hybridized carbons (Fsp3) is 0.222. The van der Waals surface area contributed by atoms with Crippen LogP contribution in [0.1, 0.15) is 6.92 Å². The smallest absolute Gasteiger partial charge is 0.221 e. The Kier molecular flexibility index (Phi) is 2.81. The number of benzene rings is 1. The number of carbonyl (C=O) groups is 1. The van der Waals surface area contributed by atoms with E-state index in [9.17, 15) is 15.0 Å². The zero-order valence-corrected chi connectivity index (χ0v) is 7.87. The second-order valence-electron chi connectivity index (χ2n) is 2.72. The molecule has 0 radical (unpaired) electrons. The number of rotatable bonds is 2. The molecule has 0 atom stereocenters. The fourth-order valence-electron chi connectivity index (χ4n) is 1.01. The third-order valence-electron chi connectivity index (χ3n) is 1.61. The summed E-state index contributed by atoms with van der Waals surface area (Å²) >= 11 is 0. The van der Waals surface area contributed by atoms with E-state index in [0.717, 1.165) is 0 Å². The van der Waals surface area contributed by atoms with E-state index in [1.807, 2.05) is 0 Å². The Morgan fingerprint density at radius 1 is 1.36 bits per heavy atom. The maximum Gasteiger partial charge on any atom is 0.221 e. The van der Waals surface area contributed by atoms with Crippen LogP contribution >= 0.6 is 0 Å². The van der Waals surface area contributed by atoms with Gasteiger partial charge in [-0.2, -0.15) is 0 Å². The quantitative estimate of drug-likeness (QED) is 0.619. The van der Waals surface area contributed by atoms with Gasteiger partial charge in [0, 0.05) is 19.1 Å². The number of phenolic OH excluding ortho intramolecular Hbond substituents is 2. The number of ether oxygens (including phenoxy) is 1. The number of hydrogen-bond acceptors (Lipinski definition) is 4. The molecule has 0 saturated heterocycles. The van der Waals surface area contributed by atoms with Crippen LogP contribution < -0.4 is 10.1 Å². The predicted octanol–water partition coefficient (Wildman–Crippen LogP) is 1.06. The van der Waals surface area contributed by atoms with E-state index in [1.165, 1.54) is 26.2 Å². The molecule has 0 aliphatic heterocycles. The van der Waals surface area contributed by atoms with Gasteiger partial charge in [-0.3, -0.25) is 4.79 Å². The largest absolute Gasteiger partial charge is 0.505 e. The molecule has 0 bridgehead atoms. The van der Waals surface area contributed by atoms with Crippen LogP contribution in [0.4, 0.5) is 5.69 Å². The first-order valence-corrected chi connectivity index (χ1v) is 3.92. The van der Waals surface area contributed by atoms with Gasteiger partial charge in [-0.25, -0.2) is 0 Å². The van der Waals surface area contributed by atoms with Gasteiger partial charge >= 0.3 is 0 Å². The average molecular weight is 197 g/mol. The lowest BCUT2D eigenvalue weighted by molar-refractivity contribution is -0.114. The zero-order chi connectivity index (χ0) is 10.7. The van der Waals surface area contributed by atoms with Crippen molar-refractivity contribution in [2.24, 2.45) is 0 Å². The van der Waals surface area contributed by atoms with E-state index in [4.69, 9.17) is 4.74 Å². The molecule has 0 unspecified atom stereocenters. The van der Waals surface area contributed by atoms with E-state index < -0.39 is 0 Å². The molecule has 1 rings (SSSR count). The number of hydrogen-bond donors (Lipinski definition) is 3. The van der Waals surface area contributed by atoms with Gasteiger partial charge in [0.1, 0.15) is 22.9 Å². The first kappa shape index (κ1) is 10.2. The van der Waals surface area contributed by atoms with Gasteiger partial charge in [0.05, 0.1) is 7.11 Å². The highest BCUT2D eigenvalue weighted by Gasteiger charge is 2.10. The summed E-state index contributed by atoms with van der Waals surface area (Å²) < 4.78 is 4.80. The Labute approximate surface area is 80.9 Å². The molecule has 0 saturated carbocycles. The lowest BCUT2D eigenvalue weighted by Crippen LogP contribution is -2.06. The molecule has 0 spiro atoms. The second-order valence-corrected chi connectivity index (χ2v) is 2.72. The molecule has 1 aromatic carbocycles. The van der Waals surface area contributed by atoms with Crippen molar-refractivity contribution in [1.82, 2.24) is 0 Å². The van der Waals surface area contributed by atoms with Gasteiger partial charge in [-0.15, -0.1) is 0 Å². The van der Waals surface area contributed by atoms with Crippen LogP contribution in [0.5, 0.6) is 17.2 Å². The summed E-state index contributed by atoms with van der Waals surface area (Å²) in [5.41, 5.74) is -0.0155. The lowest BCUT2D eigenvalue weighted by atomic mass is 10.2. The van der Waals surface area contributed by atoms with Crippen LogP contribution in [0.2, 0.25) is 0 Å². The predicted molar refractivity (Wildman–Crippen MR) is 50.6 cm³/mol. The standard InChI is InChI=1S/C9H11NO4/c1-5(11)10-9-7(12)3-6(14-2)4-8(9)13/h3-4,12-13H,1-2H3,(H,10,11). The van der Waals surface area contributed by atoms with Crippen molar-refractivity contribution in [3.05, 3.63) is 12.1 Å². The molecule has 14 heavy (non-hydrogen) atoms. The molecule has 0 aromatic heterocycles. The Hall–Kier alpha value is -1.91. The van der Waals surface area contributed by atoms with Crippen molar-refractivity contribution in [3.63, 3.8) is 0 Å². The molecule has 76 valence electrons. The van der Waals surface area contributed by atoms with Gasteiger partial charge in [0.25, 0.3) is 0 Å². The van der Waals surface area contributed by atoms with Crippen molar-refractivity contribution in [3.8, 4) is 17.2 Å². The van der Waals surface area contributed by atoms with Gasteiger partial charge < -0.3 is 20.3 Å². The Balaban J connectivity index is 3.11. The van der Waals surface area contributed by atoms with Crippen molar-refractivity contribution in [2.75, 3.05) is 12.4 Å². The zero-order valence-electron chi connectivity index (χ0n) is 7.87. The minimum Gasteiger partial charge on any atom is -0.505 e. The maximum absolute atomic E-state index is 10.7. The Bertz CT molecular complexity index is 339. The molecule has 0 aliphatic carbocycles. The van der Waals surface area contributed by atoms with Gasteiger partial charge in [0.2, 0.25) is 5.91 Å². The van der Waals surface area contributed by atoms with Crippen molar-refractivity contribution < 1.29 is 19.7 Å². The number of carbonyl (C=O) groups excluding carboxylic acids is 1. The number of methoxy groups -OCH3 is 1. The van der Waals surface area contributed by atoms with E-state index in [0.29, 0.717) is 5.75 Å². The summed E-state index contributed by atoms with van der Waals surface area (Å²) in [5.74, 6) is -0.538. The maximum atomic E-state index is 10.7. The van der Waals surface area contributed by atoms with Gasteiger partial charge in [0.15, 0.2) is 0 Å². The van der Waals surface area contributed by atoms with E-state index in [-0.39, 0.29) is 23.1 Å². The van der Waals surface area contributed by atoms with E-state index >= 15 is 0 Å². The highest BCUT2D eigenvalue weighted by molar-refractivity contribution is 5.92. The lowest BCUT2D eigenvalue weighted by Gasteiger charge is -2.09. The Morgan fingerprint density at radius 2 is 1.86 bits per heavy atom. The summed E-state index contributed by atoms with van der Waals surface area (Å²) in [5, 5.41) is 21.1. The molecule has 1 amide bonds. The van der Waals surface area contributed by atoms with E-state index in [1.54, 1.807) is 0 Å². The summed E-state index contributed by atoms with van der Waals surface area (Å²) in [4.78, 5) is 10.7. The van der Waals surface area contributed by atoms with Crippen LogP contribution in [0, 0.1) is 0 Å². The summed E-state index contributed by atoms with van der Waals surface area (Å²) in [6, 6.07) is 2.59. The number of amides is 1. The van der Waals surface area contributed by atoms with Crippen LogP contribution in [-0.2, 0) is 4.79 Å². The molecule has 0 heterocycles. The number of nitrogens with one attached hydrogen (secondary N) is 1. The molecule has 3 N–H and O–H groups in total. The molecule has 0 aliphatic rings. The van der Waals surface area contributed by atoms with E-state index in [2.05, 4.69) is 5.32 Å². The minimum atomic E-state index is -0.374. The van der Waals surface area contributed by atoms with Crippen molar-refractivity contribution in [1.29, 1.82) is 0 Å². The second kappa shape index (κ2) is 3.87. The normalized spacial score (nSPS) is 9.57. The first-order valence-electron chi connectivity index (χ1n) is 3.92. The van der Waals surface area contributed by atoms with Gasteiger partial charge in [-0.1, -0.05) is 0 Å². The molecule has 0 fully saturated rings. The van der Waals surface area contributed by atoms with Crippen LogP contribution in [0.25, 0.3) is 0 Å². The third kappa shape index (κ3) is 2.07. The minimum absolute atomic E-state index is 0.0155. The average Bonchev–Trinajstić information content (AvgIpc) is 2.10. The third-order valence-corrected chi connectivity index (χ3v) is 1.61. The van der Waals surface area contributed by atoms with Gasteiger partial charge in [-0.05, 0) is 0 Å². The highest BCUT2D eigenvalue weighted by atomic mass is 16.5. The van der Waals surface area contributed by atoms with Crippen LogP contribution in [0.15, 0.2) is 12.1 Å². The van der Waals surface area contributed by atoms with Crippen molar-refractivity contribution >= 4 is 11.6 Å². The first-order chi connectivity index (χ1) is 6.54. The monoisotopic (exact) mass is 197 g/mol. The van der Waals surface area contributed by atoms with Crippen LogP contribution in [-0.4, -0.2) is 23.2 Å². The highest BCUT2D eigenvalue weighted by Crippen LogP contribution is 2.37. The van der Waals surface area contributed by atoms with Crippen molar-refractivity contribution in [2.45, 2.75) is 6.92 Å². The fourth-order valence-corrected chi connectivity index (χ4v) is 1.01. The van der Waals surface area contributed by atoms with Crippen LogP contribution in [0.3, 0.4) is 0 Å². The topological polar surface area (TPSA) is 78.8 Å². The number of anilines is 1. The number of aromatic hydroxyl groups is 2. The molecule has 1 aromatic rings. The number of phenols is 2. The molecule has 5 heteroatoms.